The first kappa shape index (κ1) is 11.5. The zero-order chi connectivity index (χ0) is 13.7. The third kappa shape index (κ3) is 0.977. The van der Waals surface area contributed by atoms with Gasteiger partial charge in [-0.15, -0.1) is 0 Å². The van der Waals surface area contributed by atoms with Crippen molar-refractivity contribution in [1.29, 1.82) is 21.0 Å². The Hall–Kier alpha value is -2.56. The minimum absolute atomic E-state index is 0.143. The molecule has 0 spiro atoms. The number of fused-ring (bicyclic) bond motifs is 1. The molecule has 0 N–H and O–H groups in total. The standard InChI is InChI=1S/C15H10N4/c16-6-14(7-17)12-4-5-13(15(14,8-18)9-19)11-3-1-2-10(11)12/h2,4-5,11-13H,1,3H2/t11-,12-,13+/m0/s1. The van der Waals surface area contributed by atoms with Gasteiger partial charge in [0.2, 0.25) is 0 Å². The number of rotatable bonds is 0. The lowest BCUT2D eigenvalue weighted by atomic mass is 9.43. The summed E-state index contributed by atoms with van der Waals surface area (Å²) in [4.78, 5) is 0. The first-order valence-corrected chi connectivity index (χ1v) is 6.24. The normalized spacial score (nSPS) is 35.2. The number of nitrogens with zero attached hydrogens (tertiary/aromatic N) is 4. The second-order valence-electron chi connectivity index (χ2n) is 5.34. The Kier molecular flexibility index (Phi) is 2.11. The number of allylic oxidation sites excluding steroid dienone is 4. The maximum atomic E-state index is 9.55. The van der Waals surface area contributed by atoms with E-state index >= 15 is 0 Å². The molecular formula is C15H10N4. The highest BCUT2D eigenvalue weighted by molar-refractivity contribution is 5.51. The maximum Gasteiger partial charge on any atom is 0.185 e. The quantitative estimate of drug-likeness (QED) is 0.612. The van der Waals surface area contributed by atoms with Gasteiger partial charge in [-0.3, -0.25) is 0 Å². The number of nitriles is 4. The second-order valence-corrected chi connectivity index (χ2v) is 5.34. The van der Waals surface area contributed by atoms with Crippen molar-refractivity contribution in [2.45, 2.75) is 12.8 Å². The lowest BCUT2D eigenvalue weighted by Gasteiger charge is -2.52. The zero-order valence-corrected chi connectivity index (χ0v) is 10.2. The fourth-order valence-electron chi connectivity index (χ4n) is 4.01. The van der Waals surface area contributed by atoms with E-state index in [9.17, 15) is 21.0 Å². The van der Waals surface area contributed by atoms with Crippen LogP contribution in [-0.2, 0) is 0 Å². The summed E-state index contributed by atoms with van der Waals surface area (Å²) in [7, 11) is 0. The topological polar surface area (TPSA) is 95.2 Å². The Morgan fingerprint density at radius 3 is 2.16 bits per heavy atom. The predicted octanol–water partition coefficient (Wildman–Crippen LogP) is 2.21. The number of hydrogen-bond acceptors (Lipinski definition) is 4. The Morgan fingerprint density at radius 2 is 1.58 bits per heavy atom. The van der Waals surface area contributed by atoms with Gasteiger partial charge in [-0.05, 0) is 18.8 Å². The summed E-state index contributed by atoms with van der Waals surface area (Å²) in [5.74, 6) is -0.621. The molecule has 1 fully saturated rings. The molecule has 4 aliphatic carbocycles. The van der Waals surface area contributed by atoms with Crippen LogP contribution < -0.4 is 0 Å². The zero-order valence-electron chi connectivity index (χ0n) is 10.2. The summed E-state index contributed by atoms with van der Waals surface area (Å²) in [6.45, 7) is 0. The van der Waals surface area contributed by atoms with Gasteiger partial charge in [-0.1, -0.05) is 23.8 Å². The van der Waals surface area contributed by atoms with Crippen LogP contribution in [0.5, 0.6) is 0 Å². The van der Waals surface area contributed by atoms with E-state index in [1.165, 1.54) is 0 Å². The minimum atomic E-state index is -1.58. The van der Waals surface area contributed by atoms with Gasteiger partial charge in [0.05, 0.1) is 24.3 Å². The van der Waals surface area contributed by atoms with E-state index in [2.05, 4.69) is 6.08 Å². The molecule has 0 unspecified atom stereocenters. The average molecular weight is 246 g/mol. The number of hydrogen-bond donors (Lipinski definition) is 0. The Labute approximate surface area is 111 Å². The third-order valence-corrected chi connectivity index (χ3v) is 4.88. The molecule has 19 heavy (non-hydrogen) atoms. The Balaban J connectivity index is 2.35. The highest BCUT2D eigenvalue weighted by Gasteiger charge is 2.70. The molecule has 0 amide bonds. The van der Waals surface area contributed by atoms with Crippen molar-refractivity contribution in [2.24, 2.45) is 28.6 Å². The molecule has 90 valence electrons. The summed E-state index contributed by atoms with van der Waals surface area (Å²) < 4.78 is 0. The molecule has 4 nitrogen and oxygen atoms in total. The van der Waals surface area contributed by atoms with Gasteiger partial charge in [0, 0.05) is 11.8 Å². The predicted molar refractivity (Wildman–Crippen MR) is 64.2 cm³/mol. The monoisotopic (exact) mass is 246 g/mol. The molecule has 4 rings (SSSR count). The van der Waals surface area contributed by atoms with E-state index in [4.69, 9.17) is 0 Å². The summed E-state index contributed by atoms with van der Waals surface area (Å²) in [5, 5.41) is 38.2. The van der Waals surface area contributed by atoms with E-state index in [-0.39, 0.29) is 11.8 Å². The summed E-state index contributed by atoms with van der Waals surface area (Å²) >= 11 is 0. The van der Waals surface area contributed by atoms with Crippen LogP contribution in [0.4, 0.5) is 0 Å². The van der Waals surface area contributed by atoms with E-state index in [1.807, 2.05) is 36.4 Å². The van der Waals surface area contributed by atoms with Crippen LogP contribution in [0, 0.1) is 73.9 Å². The fourth-order valence-corrected chi connectivity index (χ4v) is 4.01. The molecule has 0 aromatic heterocycles. The minimum Gasteiger partial charge on any atom is -0.196 e. The van der Waals surface area contributed by atoms with Crippen LogP contribution in [-0.4, -0.2) is 0 Å². The van der Waals surface area contributed by atoms with Gasteiger partial charge in [-0.2, -0.15) is 21.0 Å². The molecule has 1 saturated carbocycles. The van der Waals surface area contributed by atoms with E-state index in [0.717, 1.165) is 18.4 Å². The summed E-state index contributed by atoms with van der Waals surface area (Å²) in [5.41, 5.74) is -2.05. The Morgan fingerprint density at radius 1 is 0.947 bits per heavy atom. The van der Waals surface area contributed by atoms with Crippen molar-refractivity contribution in [3.8, 4) is 24.3 Å². The van der Waals surface area contributed by atoms with Crippen molar-refractivity contribution in [1.82, 2.24) is 0 Å². The van der Waals surface area contributed by atoms with Crippen LogP contribution in [0.3, 0.4) is 0 Å². The van der Waals surface area contributed by atoms with Crippen molar-refractivity contribution in [3.63, 3.8) is 0 Å². The molecule has 4 heteroatoms. The average Bonchev–Trinajstić information content (AvgIpc) is 2.96. The molecule has 0 heterocycles. The first-order chi connectivity index (χ1) is 9.20. The summed E-state index contributed by atoms with van der Waals surface area (Å²) in [6.07, 6.45) is 7.59. The molecule has 2 bridgehead atoms. The highest BCUT2D eigenvalue weighted by atomic mass is 14.7. The lowest BCUT2D eigenvalue weighted by molar-refractivity contribution is 0.0908. The molecule has 4 aliphatic rings. The summed E-state index contributed by atoms with van der Waals surface area (Å²) in [6, 6.07) is 8.05. The molecule has 0 aromatic carbocycles. The van der Waals surface area contributed by atoms with Crippen LogP contribution in [0.25, 0.3) is 0 Å². The van der Waals surface area contributed by atoms with E-state index in [0.29, 0.717) is 0 Å². The lowest BCUT2D eigenvalue weighted by Crippen LogP contribution is -2.57. The smallest absolute Gasteiger partial charge is 0.185 e. The van der Waals surface area contributed by atoms with Gasteiger partial charge >= 0.3 is 0 Å². The van der Waals surface area contributed by atoms with Crippen molar-refractivity contribution in [3.05, 3.63) is 23.8 Å². The van der Waals surface area contributed by atoms with Gasteiger partial charge < -0.3 is 0 Å². The third-order valence-electron chi connectivity index (χ3n) is 4.88. The van der Waals surface area contributed by atoms with E-state index in [1.54, 1.807) is 0 Å². The van der Waals surface area contributed by atoms with Crippen molar-refractivity contribution in [2.75, 3.05) is 0 Å². The SMILES string of the molecule is N#CC1(C#N)[C@@H]2C=C[C@@H](C3=CCC[C@@H]32)C1(C#N)C#N. The van der Waals surface area contributed by atoms with Crippen molar-refractivity contribution >= 4 is 0 Å². The molecule has 3 atom stereocenters. The van der Waals surface area contributed by atoms with Gasteiger partial charge in [-0.25, -0.2) is 0 Å². The fraction of sp³-hybridized carbons (Fsp3) is 0.467. The van der Waals surface area contributed by atoms with Crippen molar-refractivity contribution < 1.29 is 0 Å². The molecule has 0 aromatic rings. The van der Waals surface area contributed by atoms with Gasteiger partial charge in [0.25, 0.3) is 0 Å². The molecule has 0 saturated heterocycles. The second kappa shape index (κ2) is 3.47. The van der Waals surface area contributed by atoms with Crippen LogP contribution in [0.1, 0.15) is 12.8 Å². The molecular weight excluding hydrogens is 236 g/mol. The largest absolute Gasteiger partial charge is 0.196 e. The van der Waals surface area contributed by atoms with Crippen LogP contribution >= 0.6 is 0 Å². The molecule has 0 aliphatic heterocycles. The van der Waals surface area contributed by atoms with Gasteiger partial charge in [0.1, 0.15) is 0 Å². The maximum absolute atomic E-state index is 9.55. The van der Waals surface area contributed by atoms with E-state index < -0.39 is 16.7 Å². The van der Waals surface area contributed by atoms with Crippen LogP contribution in [0.15, 0.2) is 23.8 Å². The molecule has 0 radical (unpaired) electrons. The Bertz CT molecular complexity index is 643. The highest BCUT2D eigenvalue weighted by Crippen LogP contribution is 2.65. The van der Waals surface area contributed by atoms with Crippen LogP contribution in [0.2, 0.25) is 0 Å². The van der Waals surface area contributed by atoms with Gasteiger partial charge in [0.15, 0.2) is 10.8 Å². The first-order valence-electron chi connectivity index (χ1n) is 6.24.